The van der Waals surface area contributed by atoms with Crippen molar-refractivity contribution >= 4 is 0 Å². The molecule has 0 amide bonds. The number of nitrogens with zero attached hydrogens (tertiary/aromatic N) is 1. The van der Waals surface area contributed by atoms with Crippen LogP contribution in [0.4, 0.5) is 0 Å². The third kappa shape index (κ3) is 4.49. The van der Waals surface area contributed by atoms with E-state index in [1.165, 1.54) is 25.9 Å². The van der Waals surface area contributed by atoms with Gasteiger partial charge in [0, 0.05) is 18.1 Å². The summed E-state index contributed by atoms with van der Waals surface area (Å²) >= 11 is 0. The van der Waals surface area contributed by atoms with Crippen molar-refractivity contribution in [3.8, 4) is 0 Å². The molecule has 2 unspecified atom stereocenters. The van der Waals surface area contributed by atoms with Crippen molar-refractivity contribution in [3.63, 3.8) is 0 Å². The van der Waals surface area contributed by atoms with Gasteiger partial charge < -0.3 is 16.0 Å². The number of nitrogens with one attached hydrogen (secondary N) is 1. The predicted octanol–water partition coefficient (Wildman–Crippen LogP) is 1.04. The van der Waals surface area contributed by atoms with Crippen molar-refractivity contribution in [1.29, 1.82) is 0 Å². The molecule has 0 saturated carbocycles. The van der Waals surface area contributed by atoms with Crippen LogP contribution in [0.25, 0.3) is 0 Å². The normalized spacial score (nSPS) is 25.8. The molecule has 0 spiro atoms. The summed E-state index contributed by atoms with van der Waals surface area (Å²) in [5.41, 5.74) is 6.00. The first-order chi connectivity index (χ1) is 6.92. The smallest absolute Gasteiger partial charge is 0.0106 e. The first kappa shape index (κ1) is 12.9. The van der Waals surface area contributed by atoms with Gasteiger partial charge in [-0.3, -0.25) is 0 Å². The van der Waals surface area contributed by atoms with Crippen LogP contribution in [0.2, 0.25) is 0 Å². The van der Waals surface area contributed by atoms with Gasteiger partial charge in [0.25, 0.3) is 0 Å². The molecular formula is C12H27N3. The molecule has 3 heteroatoms. The van der Waals surface area contributed by atoms with Crippen molar-refractivity contribution in [2.75, 3.05) is 27.2 Å². The Morgan fingerprint density at radius 3 is 2.60 bits per heavy atom. The molecule has 1 aliphatic heterocycles. The standard InChI is InChI=1S/C12H27N3/c1-12(2,13)7-5-11(14-3)10-6-8-15(4)9-10/h10-11,14H,5-9,13H2,1-4H3. The molecule has 0 radical (unpaired) electrons. The molecule has 0 aromatic heterocycles. The van der Waals surface area contributed by atoms with E-state index in [1.54, 1.807) is 0 Å². The van der Waals surface area contributed by atoms with E-state index in [-0.39, 0.29) is 5.54 Å². The Bertz CT molecular complexity index is 186. The van der Waals surface area contributed by atoms with E-state index in [4.69, 9.17) is 5.73 Å². The van der Waals surface area contributed by atoms with Crippen molar-refractivity contribution in [3.05, 3.63) is 0 Å². The van der Waals surface area contributed by atoms with Crippen LogP contribution >= 0.6 is 0 Å². The average molecular weight is 213 g/mol. The number of likely N-dealkylation sites (tertiary alicyclic amines) is 1. The monoisotopic (exact) mass is 213 g/mol. The molecule has 0 bridgehead atoms. The van der Waals surface area contributed by atoms with Crippen LogP contribution in [0.1, 0.15) is 33.1 Å². The summed E-state index contributed by atoms with van der Waals surface area (Å²) in [6.45, 7) is 6.70. The lowest BCUT2D eigenvalue weighted by molar-refractivity contribution is 0.310. The van der Waals surface area contributed by atoms with Crippen molar-refractivity contribution in [2.45, 2.75) is 44.7 Å². The molecule has 2 atom stereocenters. The van der Waals surface area contributed by atoms with Gasteiger partial charge >= 0.3 is 0 Å². The molecule has 1 rings (SSSR count). The molecule has 3 nitrogen and oxygen atoms in total. The molecular weight excluding hydrogens is 186 g/mol. The fraction of sp³-hybridized carbons (Fsp3) is 1.00. The van der Waals surface area contributed by atoms with Crippen molar-refractivity contribution < 1.29 is 0 Å². The van der Waals surface area contributed by atoms with E-state index in [9.17, 15) is 0 Å². The third-order valence-corrected chi connectivity index (χ3v) is 3.47. The summed E-state index contributed by atoms with van der Waals surface area (Å²) in [6.07, 6.45) is 3.62. The zero-order valence-corrected chi connectivity index (χ0v) is 10.7. The minimum atomic E-state index is -0.0282. The maximum atomic E-state index is 6.03. The molecule has 90 valence electrons. The lowest BCUT2D eigenvalue weighted by atomic mass is 9.90. The minimum absolute atomic E-state index is 0.0282. The van der Waals surface area contributed by atoms with Gasteiger partial charge in [0.2, 0.25) is 0 Å². The summed E-state index contributed by atoms with van der Waals surface area (Å²) in [4.78, 5) is 2.42. The first-order valence-electron chi connectivity index (χ1n) is 6.07. The van der Waals surface area contributed by atoms with Gasteiger partial charge in [-0.05, 0) is 59.7 Å². The summed E-state index contributed by atoms with van der Waals surface area (Å²) in [5, 5.41) is 3.45. The van der Waals surface area contributed by atoms with Crippen molar-refractivity contribution in [1.82, 2.24) is 10.2 Å². The van der Waals surface area contributed by atoms with E-state index in [0.29, 0.717) is 6.04 Å². The van der Waals surface area contributed by atoms with Gasteiger partial charge in [-0.1, -0.05) is 0 Å². The summed E-state index contributed by atoms with van der Waals surface area (Å²) < 4.78 is 0. The summed E-state index contributed by atoms with van der Waals surface area (Å²) in [5.74, 6) is 0.808. The fourth-order valence-corrected chi connectivity index (χ4v) is 2.44. The molecule has 15 heavy (non-hydrogen) atoms. The quantitative estimate of drug-likeness (QED) is 0.717. The van der Waals surface area contributed by atoms with Crippen LogP contribution in [0, 0.1) is 5.92 Å². The Kier molecular flexibility index (Phi) is 4.56. The Morgan fingerprint density at radius 1 is 1.53 bits per heavy atom. The van der Waals surface area contributed by atoms with Crippen LogP contribution in [0.5, 0.6) is 0 Å². The lowest BCUT2D eigenvalue weighted by Gasteiger charge is -2.27. The predicted molar refractivity (Wildman–Crippen MR) is 66.0 cm³/mol. The second-order valence-corrected chi connectivity index (χ2v) is 5.73. The van der Waals surface area contributed by atoms with Gasteiger partial charge in [0.15, 0.2) is 0 Å². The lowest BCUT2D eigenvalue weighted by Crippen LogP contribution is -2.39. The highest BCUT2D eigenvalue weighted by molar-refractivity contribution is 4.85. The van der Waals surface area contributed by atoms with E-state index < -0.39 is 0 Å². The number of rotatable bonds is 5. The van der Waals surface area contributed by atoms with Gasteiger partial charge in [-0.2, -0.15) is 0 Å². The minimum Gasteiger partial charge on any atom is -0.326 e. The second-order valence-electron chi connectivity index (χ2n) is 5.73. The zero-order chi connectivity index (χ0) is 11.5. The summed E-state index contributed by atoms with van der Waals surface area (Å²) in [6, 6.07) is 0.637. The van der Waals surface area contributed by atoms with Crippen LogP contribution < -0.4 is 11.1 Å². The third-order valence-electron chi connectivity index (χ3n) is 3.47. The SMILES string of the molecule is CNC(CCC(C)(C)N)C1CCN(C)C1. The fourth-order valence-electron chi connectivity index (χ4n) is 2.44. The molecule has 1 saturated heterocycles. The zero-order valence-electron chi connectivity index (χ0n) is 10.7. The molecule has 1 aliphatic rings. The van der Waals surface area contributed by atoms with E-state index in [2.05, 4.69) is 38.2 Å². The molecule has 3 N–H and O–H groups in total. The maximum Gasteiger partial charge on any atom is 0.0106 e. The van der Waals surface area contributed by atoms with E-state index >= 15 is 0 Å². The summed E-state index contributed by atoms with van der Waals surface area (Å²) in [7, 11) is 4.28. The molecule has 0 aliphatic carbocycles. The Morgan fingerprint density at radius 2 is 2.20 bits per heavy atom. The topological polar surface area (TPSA) is 41.3 Å². The molecule has 1 fully saturated rings. The molecule has 0 aromatic carbocycles. The van der Waals surface area contributed by atoms with E-state index in [0.717, 1.165) is 12.3 Å². The Hall–Kier alpha value is -0.120. The van der Waals surface area contributed by atoms with Crippen molar-refractivity contribution in [2.24, 2.45) is 11.7 Å². The second kappa shape index (κ2) is 5.28. The Labute approximate surface area is 94.4 Å². The van der Waals surface area contributed by atoms with Gasteiger partial charge in [-0.25, -0.2) is 0 Å². The van der Waals surface area contributed by atoms with E-state index in [1.807, 2.05) is 0 Å². The number of nitrogens with two attached hydrogens (primary N) is 1. The van der Waals surface area contributed by atoms with Gasteiger partial charge in [0.1, 0.15) is 0 Å². The van der Waals surface area contributed by atoms with Crippen LogP contribution in [0.3, 0.4) is 0 Å². The maximum absolute atomic E-state index is 6.03. The largest absolute Gasteiger partial charge is 0.326 e. The molecule has 0 aromatic rings. The highest BCUT2D eigenvalue weighted by Gasteiger charge is 2.27. The van der Waals surface area contributed by atoms with Crippen LogP contribution in [0.15, 0.2) is 0 Å². The Balaban J connectivity index is 2.36. The van der Waals surface area contributed by atoms with Crippen LogP contribution in [-0.4, -0.2) is 43.7 Å². The van der Waals surface area contributed by atoms with Gasteiger partial charge in [-0.15, -0.1) is 0 Å². The van der Waals surface area contributed by atoms with Crippen LogP contribution in [-0.2, 0) is 0 Å². The first-order valence-corrected chi connectivity index (χ1v) is 6.07. The number of hydrogen-bond donors (Lipinski definition) is 2. The highest BCUT2D eigenvalue weighted by Crippen LogP contribution is 2.22. The molecule has 1 heterocycles. The average Bonchev–Trinajstić information content (AvgIpc) is 2.51. The number of hydrogen-bond acceptors (Lipinski definition) is 3. The highest BCUT2D eigenvalue weighted by atomic mass is 15.1. The van der Waals surface area contributed by atoms with Gasteiger partial charge in [0.05, 0.1) is 0 Å².